The fraction of sp³-hybridized carbons (Fsp3) is 0.111. The Morgan fingerprint density at radius 3 is 2.21 bits per heavy atom. The van der Waals surface area contributed by atoms with Gasteiger partial charge < -0.3 is 9.47 Å². The molecule has 2 heterocycles. The molecule has 10 rings (SSSR count). The number of benzene rings is 6. The van der Waals surface area contributed by atoms with Crippen LogP contribution in [0.1, 0.15) is 42.0 Å². The molecule has 2 heteroatoms. The molecule has 0 saturated heterocycles. The third-order valence-corrected chi connectivity index (χ3v) is 10.9. The van der Waals surface area contributed by atoms with Gasteiger partial charge in [0.2, 0.25) is 0 Å². The number of fused-ring (bicyclic) bond motifs is 10. The van der Waals surface area contributed by atoms with E-state index in [0.29, 0.717) is 5.92 Å². The Bertz CT molecular complexity index is 2440. The number of aromatic nitrogens is 1. The smallest absolute Gasteiger partial charge is 0.0630 e. The van der Waals surface area contributed by atoms with Gasteiger partial charge in [-0.15, -0.1) is 0 Å². The number of hydrogen-bond acceptors (Lipinski definition) is 1. The van der Waals surface area contributed by atoms with Gasteiger partial charge in [-0.2, -0.15) is 0 Å². The van der Waals surface area contributed by atoms with Gasteiger partial charge in [0.05, 0.1) is 17.1 Å². The number of anilines is 2. The molecule has 224 valence electrons. The summed E-state index contributed by atoms with van der Waals surface area (Å²) in [5.41, 5.74) is 15.7. The quantitative estimate of drug-likeness (QED) is 0.195. The van der Waals surface area contributed by atoms with Crippen molar-refractivity contribution in [1.82, 2.24) is 4.57 Å². The number of hydrogen-bond donors (Lipinski definition) is 0. The molecule has 3 aliphatic rings. The summed E-state index contributed by atoms with van der Waals surface area (Å²) in [7, 11) is 0. The van der Waals surface area contributed by atoms with Gasteiger partial charge in [-0.25, -0.2) is 0 Å². The molecule has 0 spiro atoms. The minimum atomic E-state index is -0.0726. The van der Waals surface area contributed by atoms with E-state index in [1.54, 1.807) is 0 Å². The molecule has 0 N–H and O–H groups in total. The van der Waals surface area contributed by atoms with Crippen molar-refractivity contribution < 1.29 is 0 Å². The van der Waals surface area contributed by atoms with Crippen molar-refractivity contribution in [2.75, 3.05) is 4.90 Å². The van der Waals surface area contributed by atoms with E-state index in [1.807, 2.05) is 0 Å². The number of para-hydroxylation sites is 3. The summed E-state index contributed by atoms with van der Waals surface area (Å²) >= 11 is 0. The van der Waals surface area contributed by atoms with Crippen molar-refractivity contribution in [3.8, 4) is 16.8 Å². The van der Waals surface area contributed by atoms with Gasteiger partial charge in [-0.1, -0.05) is 129 Å². The second kappa shape index (κ2) is 9.70. The van der Waals surface area contributed by atoms with Crippen molar-refractivity contribution >= 4 is 38.8 Å². The highest BCUT2D eigenvalue weighted by Gasteiger charge is 2.39. The first-order chi connectivity index (χ1) is 23.1. The zero-order valence-corrected chi connectivity index (χ0v) is 26.6. The molecule has 2 atom stereocenters. The van der Waals surface area contributed by atoms with Crippen molar-refractivity contribution in [1.29, 1.82) is 0 Å². The van der Waals surface area contributed by atoms with E-state index < -0.39 is 0 Å². The molecule has 7 aromatic rings. The minimum absolute atomic E-state index is 0.0726. The summed E-state index contributed by atoms with van der Waals surface area (Å²) in [5, 5.41) is 2.69. The zero-order valence-electron chi connectivity index (χ0n) is 26.6. The topological polar surface area (TPSA) is 8.17 Å². The van der Waals surface area contributed by atoms with Crippen LogP contribution in [0.3, 0.4) is 0 Å². The van der Waals surface area contributed by atoms with Crippen LogP contribution in [-0.2, 0) is 5.41 Å². The Labute approximate surface area is 275 Å². The molecule has 2 aliphatic carbocycles. The van der Waals surface area contributed by atoms with E-state index in [0.717, 1.165) is 0 Å². The maximum atomic E-state index is 2.49. The molecule has 0 radical (unpaired) electrons. The Kier molecular flexibility index (Phi) is 5.49. The van der Waals surface area contributed by atoms with E-state index >= 15 is 0 Å². The van der Waals surface area contributed by atoms with Gasteiger partial charge in [-0.05, 0) is 81.4 Å². The lowest BCUT2D eigenvalue weighted by atomic mass is 9.80. The number of allylic oxidation sites excluding steroid dienone is 2. The van der Waals surface area contributed by atoms with E-state index in [2.05, 4.69) is 181 Å². The number of rotatable bonds is 3. The van der Waals surface area contributed by atoms with Crippen LogP contribution in [0.5, 0.6) is 0 Å². The average molecular weight is 603 g/mol. The van der Waals surface area contributed by atoms with E-state index in [4.69, 9.17) is 0 Å². The molecule has 2 nitrogen and oxygen atoms in total. The maximum absolute atomic E-state index is 2.49. The molecular formula is C45H34N2. The number of nitrogens with zero attached hydrogens (tertiary/aromatic N) is 2. The third kappa shape index (κ3) is 3.67. The van der Waals surface area contributed by atoms with Gasteiger partial charge in [0.25, 0.3) is 0 Å². The lowest BCUT2D eigenvalue weighted by Gasteiger charge is -2.29. The minimum Gasteiger partial charge on any atom is -0.333 e. The summed E-state index contributed by atoms with van der Waals surface area (Å²) in [6.07, 6.45) is 7.20. The van der Waals surface area contributed by atoms with Crippen LogP contribution in [0.15, 0.2) is 158 Å². The van der Waals surface area contributed by atoms with Crippen LogP contribution in [0.25, 0.3) is 44.2 Å². The van der Waals surface area contributed by atoms with Crippen molar-refractivity contribution in [2.24, 2.45) is 0 Å². The SMILES string of the molecule is CC1(C)c2ccccc2-c2ccc3c(c21)c1ccccc1n3-c1ccc(C2=CC3c4ccccc4N(c4ccccc4)C3C=C2)cc1. The average Bonchev–Trinajstić information content (AvgIpc) is 3.72. The summed E-state index contributed by atoms with van der Waals surface area (Å²) < 4.78 is 2.46. The summed E-state index contributed by atoms with van der Waals surface area (Å²) in [4.78, 5) is 2.49. The third-order valence-electron chi connectivity index (χ3n) is 10.9. The highest BCUT2D eigenvalue weighted by atomic mass is 15.2. The van der Waals surface area contributed by atoms with Crippen molar-refractivity contribution in [3.05, 3.63) is 180 Å². The Balaban J connectivity index is 1.07. The van der Waals surface area contributed by atoms with Crippen LogP contribution < -0.4 is 4.90 Å². The monoisotopic (exact) mass is 602 g/mol. The van der Waals surface area contributed by atoms with Gasteiger partial charge in [0.1, 0.15) is 0 Å². The molecule has 6 aromatic carbocycles. The predicted molar refractivity (Wildman–Crippen MR) is 197 cm³/mol. The lowest BCUT2D eigenvalue weighted by molar-refractivity contribution is 0.666. The summed E-state index contributed by atoms with van der Waals surface area (Å²) in [5.74, 6) is 0.304. The fourth-order valence-corrected chi connectivity index (χ4v) is 8.84. The van der Waals surface area contributed by atoms with Crippen LogP contribution in [-0.4, -0.2) is 10.6 Å². The maximum Gasteiger partial charge on any atom is 0.0630 e. The van der Waals surface area contributed by atoms with Crippen molar-refractivity contribution in [2.45, 2.75) is 31.2 Å². The second-order valence-electron chi connectivity index (χ2n) is 13.7. The largest absolute Gasteiger partial charge is 0.333 e. The van der Waals surface area contributed by atoms with Crippen LogP contribution >= 0.6 is 0 Å². The first-order valence-electron chi connectivity index (χ1n) is 16.7. The Hall–Kier alpha value is -5.60. The van der Waals surface area contributed by atoms with Crippen LogP contribution in [0.4, 0.5) is 11.4 Å². The predicted octanol–water partition coefficient (Wildman–Crippen LogP) is 11.3. The highest BCUT2D eigenvalue weighted by molar-refractivity contribution is 6.14. The molecule has 47 heavy (non-hydrogen) atoms. The van der Waals surface area contributed by atoms with Crippen LogP contribution in [0.2, 0.25) is 0 Å². The Morgan fingerprint density at radius 2 is 1.34 bits per heavy atom. The molecule has 1 aliphatic heterocycles. The van der Waals surface area contributed by atoms with Crippen LogP contribution in [0, 0.1) is 0 Å². The second-order valence-corrected chi connectivity index (χ2v) is 13.7. The van der Waals surface area contributed by atoms with Crippen molar-refractivity contribution in [3.63, 3.8) is 0 Å². The van der Waals surface area contributed by atoms with E-state index in [1.165, 1.54) is 77.8 Å². The van der Waals surface area contributed by atoms with Gasteiger partial charge in [0.15, 0.2) is 0 Å². The molecule has 2 unspecified atom stereocenters. The molecule has 0 saturated carbocycles. The molecular weight excluding hydrogens is 569 g/mol. The highest BCUT2D eigenvalue weighted by Crippen LogP contribution is 2.53. The van der Waals surface area contributed by atoms with E-state index in [9.17, 15) is 0 Å². The summed E-state index contributed by atoms with van der Waals surface area (Å²) in [6, 6.07) is 51.7. The first-order valence-corrected chi connectivity index (χ1v) is 16.7. The molecule has 1 aromatic heterocycles. The lowest BCUT2D eigenvalue weighted by Crippen LogP contribution is -2.28. The van der Waals surface area contributed by atoms with Gasteiger partial charge in [-0.3, -0.25) is 0 Å². The zero-order chi connectivity index (χ0) is 31.3. The molecule has 0 fully saturated rings. The van der Waals surface area contributed by atoms with Gasteiger partial charge in [0, 0.05) is 39.2 Å². The van der Waals surface area contributed by atoms with Gasteiger partial charge >= 0.3 is 0 Å². The molecule has 0 bridgehead atoms. The summed E-state index contributed by atoms with van der Waals surface area (Å²) in [6.45, 7) is 4.77. The standard InChI is InChI=1S/C45H34N2/c1-45(2)38-17-9-6-14-33(38)35-25-27-42-43(44(35)45)36-16-8-11-19-40(36)47(42)32-23-20-29(21-24-32)30-22-26-41-37(28-30)34-15-7-10-18-39(34)46(41)31-12-4-3-5-13-31/h3-28,37,41H,1-2H3. The normalized spacial score (nSPS) is 18.6. The Morgan fingerprint density at radius 1 is 0.596 bits per heavy atom. The van der Waals surface area contributed by atoms with E-state index in [-0.39, 0.29) is 11.5 Å². The fourth-order valence-electron chi connectivity index (χ4n) is 8.84. The molecule has 0 amide bonds. The first kappa shape index (κ1) is 26.6.